The fourth-order valence-electron chi connectivity index (χ4n) is 2.51. The molecule has 0 saturated carbocycles. The Morgan fingerprint density at radius 3 is 2.04 bits per heavy atom. The van der Waals surface area contributed by atoms with Crippen LogP contribution < -0.4 is 23.7 Å². The number of carbonyl (C=O) groups is 1. The van der Waals surface area contributed by atoms with Crippen LogP contribution in [0.4, 0.5) is 0 Å². The maximum absolute atomic E-state index is 12.7. The number of hydrogen-bond donors (Lipinski definition) is 0. The van der Waals surface area contributed by atoms with Gasteiger partial charge in [-0.25, -0.2) is 0 Å². The van der Waals surface area contributed by atoms with E-state index in [2.05, 4.69) is 0 Å². The smallest absolute Gasteiger partial charge is 0.204 e. The summed E-state index contributed by atoms with van der Waals surface area (Å²) < 4.78 is 26.4. The average molecular weight is 358 g/mol. The third-order valence-electron chi connectivity index (χ3n) is 3.82. The SMILES string of the molecule is COc1ccc(/C=C/C(=O)c2ccc(OC)c(OC)c2OC)c(OC)c1. The van der Waals surface area contributed by atoms with Crippen LogP contribution in [0.1, 0.15) is 15.9 Å². The van der Waals surface area contributed by atoms with E-state index in [-0.39, 0.29) is 5.78 Å². The van der Waals surface area contributed by atoms with Crippen LogP contribution in [0.3, 0.4) is 0 Å². The van der Waals surface area contributed by atoms with E-state index in [0.717, 1.165) is 5.56 Å². The van der Waals surface area contributed by atoms with Gasteiger partial charge in [-0.15, -0.1) is 0 Å². The highest BCUT2D eigenvalue weighted by Crippen LogP contribution is 2.40. The molecule has 2 aromatic carbocycles. The van der Waals surface area contributed by atoms with E-state index < -0.39 is 0 Å². The second-order valence-electron chi connectivity index (χ2n) is 5.19. The number of ketones is 1. The fraction of sp³-hybridized carbons (Fsp3) is 0.250. The number of rotatable bonds is 8. The van der Waals surface area contributed by atoms with Gasteiger partial charge in [-0.05, 0) is 36.4 Å². The minimum atomic E-state index is -0.235. The Balaban J connectivity index is 2.37. The zero-order valence-corrected chi connectivity index (χ0v) is 15.5. The van der Waals surface area contributed by atoms with Crippen molar-refractivity contribution in [1.29, 1.82) is 0 Å². The zero-order chi connectivity index (χ0) is 19.1. The summed E-state index contributed by atoms with van der Waals surface area (Å²) in [6.07, 6.45) is 3.13. The monoisotopic (exact) mass is 358 g/mol. The largest absolute Gasteiger partial charge is 0.497 e. The number of benzene rings is 2. The Morgan fingerprint density at radius 2 is 1.46 bits per heavy atom. The van der Waals surface area contributed by atoms with Gasteiger partial charge in [0.1, 0.15) is 11.5 Å². The molecule has 0 unspecified atom stereocenters. The van der Waals surface area contributed by atoms with Gasteiger partial charge in [0.2, 0.25) is 5.75 Å². The molecule has 0 amide bonds. The van der Waals surface area contributed by atoms with E-state index in [0.29, 0.717) is 34.3 Å². The van der Waals surface area contributed by atoms with Crippen molar-refractivity contribution in [3.8, 4) is 28.7 Å². The molecule has 0 N–H and O–H groups in total. The molecule has 0 saturated heterocycles. The van der Waals surface area contributed by atoms with Crippen LogP contribution in [0.5, 0.6) is 28.7 Å². The molecule has 0 aromatic heterocycles. The highest BCUT2D eigenvalue weighted by atomic mass is 16.5. The summed E-state index contributed by atoms with van der Waals surface area (Å²) in [5.41, 5.74) is 1.12. The summed E-state index contributed by atoms with van der Waals surface area (Å²) >= 11 is 0. The lowest BCUT2D eigenvalue weighted by atomic mass is 10.1. The Hall–Kier alpha value is -3.15. The van der Waals surface area contributed by atoms with Crippen molar-refractivity contribution in [2.75, 3.05) is 35.5 Å². The first kappa shape index (κ1) is 19.2. The molecule has 0 spiro atoms. The Morgan fingerprint density at radius 1 is 0.769 bits per heavy atom. The summed E-state index contributed by atoms with van der Waals surface area (Å²) in [5.74, 6) is 2.22. The minimum Gasteiger partial charge on any atom is -0.497 e. The van der Waals surface area contributed by atoms with Crippen LogP contribution >= 0.6 is 0 Å². The van der Waals surface area contributed by atoms with E-state index in [1.54, 1.807) is 44.6 Å². The predicted octanol–water partition coefficient (Wildman–Crippen LogP) is 3.63. The van der Waals surface area contributed by atoms with Gasteiger partial charge < -0.3 is 23.7 Å². The molecule has 26 heavy (non-hydrogen) atoms. The molecule has 0 heterocycles. The third kappa shape index (κ3) is 3.91. The molecule has 0 fully saturated rings. The maximum atomic E-state index is 12.7. The highest BCUT2D eigenvalue weighted by Gasteiger charge is 2.19. The topological polar surface area (TPSA) is 63.2 Å². The standard InChI is InChI=1S/C20H22O6/c1-22-14-8-6-13(18(12-14)24-3)7-10-16(21)15-9-11-17(23-2)20(26-5)19(15)25-4/h6-12H,1-5H3/b10-7+. The summed E-state index contributed by atoms with van der Waals surface area (Å²) in [7, 11) is 7.63. The van der Waals surface area contributed by atoms with Crippen LogP contribution in [-0.4, -0.2) is 41.3 Å². The second kappa shape index (κ2) is 8.80. The van der Waals surface area contributed by atoms with E-state index in [1.165, 1.54) is 27.4 Å². The van der Waals surface area contributed by atoms with Crippen molar-refractivity contribution in [1.82, 2.24) is 0 Å². The molecule has 6 nitrogen and oxygen atoms in total. The predicted molar refractivity (Wildman–Crippen MR) is 99.0 cm³/mol. The van der Waals surface area contributed by atoms with Gasteiger partial charge in [0, 0.05) is 11.6 Å². The average Bonchev–Trinajstić information content (AvgIpc) is 2.70. The summed E-state index contributed by atoms with van der Waals surface area (Å²) in [6, 6.07) is 8.66. The molecule has 138 valence electrons. The first-order valence-electron chi connectivity index (χ1n) is 7.83. The van der Waals surface area contributed by atoms with Gasteiger partial charge in [0.25, 0.3) is 0 Å². The minimum absolute atomic E-state index is 0.235. The quantitative estimate of drug-likeness (QED) is 0.530. The van der Waals surface area contributed by atoms with Crippen molar-refractivity contribution in [3.63, 3.8) is 0 Å². The molecule has 0 atom stereocenters. The highest BCUT2D eigenvalue weighted by molar-refractivity contribution is 6.09. The van der Waals surface area contributed by atoms with Gasteiger partial charge >= 0.3 is 0 Å². The Kier molecular flexibility index (Phi) is 6.49. The molecule has 0 aliphatic heterocycles. The van der Waals surface area contributed by atoms with Gasteiger partial charge in [-0.2, -0.15) is 0 Å². The van der Waals surface area contributed by atoms with Gasteiger partial charge in [-0.3, -0.25) is 4.79 Å². The van der Waals surface area contributed by atoms with Crippen LogP contribution in [-0.2, 0) is 0 Å². The molecule has 0 bridgehead atoms. The first-order valence-corrected chi connectivity index (χ1v) is 7.83. The number of allylic oxidation sites excluding steroid dienone is 1. The molecule has 2 aromatic rings. The number of carbonyl (C=O) groups excluding carboxylic acids is 1. The molecule has 0 aliphatic rings. The number of hydrogen-bond acceptors (Lipinski definition) is 6. The molecule has 6 heteroatoms. The van der Waals surface area contributed by atoms with E-state index >= 15 is 0 Å². The van der Waals surface area contributed by atoms with Crippen molar-refractivity contribution < 1.29 is 28.5 Å². The number of methoxy groups -OCH3 is 5. The van der Waals surface area contributed by atoms with Crippen LogP contribution in [0.25, 0.3) is 6.08 Å². The summed E-state index contributed by atoms with van der Waals surface area (Å²) in [6.45, 7) is 0. The van der Waals surface area contributed by atoms with Crippen molar-refractivity contribution in [2.45, 2.75) is 0 Å². The first-order chi connectivity index (χ1) is 12.6. The van der Waals surface area contributed by atoms with Crippen molar-refractivity contribution in [2.24, 2.45) is 0 Å². The normalized spacial score (nSPS) is 10.5. The van der Waals surface area contributed by atoms with E-state index in [9.17, 15) is 4.79 Å². The third-order valence-corrected chi connectivity index (χ3v) is 3.82. The summed E-state index contributed by atoms with van der Waals surface area (Å²) in [5, 5.41) is 0. The zero-order valence-electron chi connectivity index (χ0n) is 15.5. The Bertz CT molecular complexity index is 810. The van der Waals surface area contributed by atoms with Crippen molar-refractivity contribution >= 4 is 11.9 Å². The van der Waals surface area contributed by atoms with Crippen molar-refractivity contribution in [3.05, 3.63) is 47.5 Å². The lowest BCUT2D eigenvalue weighted by Crippen LogP contribution is -2.03. The van der Waals surface area contributed by atoms with E-state index in [4.69, 9.17) is 23.7 Å². The van der Waals surface area contributed by atoms with Crippen LogP contribution in [0.15, 0.2) is 36.4 Å². The molecular formula is C20H22O6. The van der Waals surface area contributed by atoms with Gasteiger partial charge in [-0.1, -0.05) is 0 Å². The molecule has 0 radical (unpaired) electrons. The van der Waals surface area contributed by atoms with E-state index in [1.807, 2.05) is 6.07 Å². The molecule has 0 aliphatic carbocycles. The van der Waals surface area contributed by atoms with Gasteiger partial charge in [0.05, 0.1) is 41.1 Å². The van der Waals surface area contributed by atoms with Crippen LogP contribution in [0, 0.1) is 0 Å². The number of ether oxygens (including phenoxy) is 5. The lowest BCUT2D eigenvalue weighted by molar-refractivity contribution is 0.104. The maximum Gasteiger partial charge on any atom is 0.204 e. The molecule has 2 rings (SSSR count). The fourth-order valence-corrected chi connectivity index (χ4v) is 2.51. The summed E-state index contributed by atoms with van der Waals surface area (Å²) in [4.78, 5) is 12.7. The van der Waals surface area contributed by atoms with Crippen LogP contribution in [0.2, 0.25) is 0 Å². The second-order valence-corrected chi connectivity index (χ2v) is 5.19. The lowest BCUT2D eigenvalue weighted by Gasteiger charge is -2.14. The Labute approximate surface area is 152 Å². The molecular weight excluding hydrogens is 336 g/mol. The van der Waals surface area contributed by atoms with Gasteiger partial charge in [0.15, 0.2) is 17.3 Å².